The van der Waals surface area contributed by atoms with Crippen LogP contribution in [0.15, 0.2) is 101 Å². The molecule has 4 heterocycles. The number of para-hydroxylation sites is 2. The van der Waals surface area contributed by atoms with Gasteiger partial charge in [0.1, 0.15) is 17.0 Å². The average molecular weight is 760 g/mol. The predicted octanol–water partition coefficient (Wildman–Crippen LogP) is 7.84. The maximum atomic E-state index is 14.0. The first kappa shape index (κ1) is 31.7. The molecule has 7 nitrogen and oxygen atoms in total. The van der Waals surface area contributed by atoms with Gasteiger partial charge in [-0.25, -0.2) is 9.97 Å². The summed E-state index contributed by atoms with van der Waals surface area (Å²) in [5.41, 5.74) is 3.84. The number of benzene rings is 7. The quantitative estimate of drug-likeness (QED) is 0.0968. The van der Waals surface area contributed by atoms with Crippen molar-refractivity contribution < 1.29 is 70.5 Å². The topological polar surface area (TPSA) is 89.0 Å². The first-order chi connectivity index (χ1) is 21.1. The molecule has 0 fully saturated rings. The van der Waals surface area contributed by atoms with Gasteiger partial charge >= 0.3 is 0 Å². The smallest absolute Gasteiger partial charge is 0.264 e. The molecular weight excluding hydrogens is 738 g/mol. The van der Waals surface area contributed by atoms with E-state index in [1.54, 1.807) is 27.0 Å². The van der Waals surface area contributed by atoms with E-state index in [0.717, 1.165) is 64.9 Å². The molecule has 0 saturated heterocycles. The third-order valence-corrected chi connectivity index (χ3v) is 9.45. The molecular formula is C38H22N4O3Y2-2. The summed E-state index contributed by atoms with van der Waals surface area (Å²) >= 11 is 0. The third kappa shape index (κ3) is 3.66. The first-order valence-corrected chi connectivity index (χ1v) is 14.1. The van der Waals surface area contributed by atoms with Crippen molar-refractivity contribution >= 4 is 98.0 Å². The molecule has 0 bridgehead atoms. The van der Waals surface area contributed by atoms with Gasteiger partial charge in [0.05, 0.1) is 22.1 Å². The van der Waals surface area contributed by atoms with Crippen molar-refractivity contribution in [3.8, 4) is 5.75 Å². The van der Waals surface area contributed by atoms with Gasteiger partial charge in [0.25, 0.3) is 11.1 Å². The van der Waals surface area contributed by atoms with E-state index in [1.807, 2.05) is 54.6 Å². The molecule has 220 valence electrons. The number of hydrogen-bond donors (Lipinski definition) is 1. The van der Waals surface area contributed by atoms with Crippen LogP contribution in [0, 0.1) is 14.9 Å². The number of rotatable bonds is 0. The SMILES string of the molecule is O=c1c2ccc3c4ccc5c6c(ccc(c7ccc(c2c73)c2nc3ccccc3n12)c46)c(=O)n1c2ccc(O)cc2nc51.[CH3-].[CH3-].[Y].[Y]. The van der Waals surface area contributed by atoms with Gasteiger partial charge in [-0.2, -0.15) is 0 Å². The molecule has 11 rings (SSSR count). The van der Waals surface area contributed by atoms with Gasteiger partial charge in [-0.15, -0.1) is 0 Å². The Kier molecular flexibility index (Phi) is 7.13. The normalized spacial score (nSPS) is 11.8. The fraction of sp³-hybridized carbons (Fsp3) is 0. The fourth-order valence-electron chi connectivity index (χ4n) is 7.73. The van der Waals surface area contributed by atoms with E-state index in [-0.39, 0.29) is 97.1 Å². The second kappa shape index (κ2) is 10.6. The van der Waals surface area contributed by atoms with Gasteiger partial charge in [0.2, 0.25) is 0 Å². The Morgan fingerprint density at radius 2 is 0.872 bits per heavy atom. The van der Waals surface area contributed by atoms with E-state index in [9.17, 15) is 14.7 Å². The molecule has 1 N–H and O–H groups in total. The van der Waals surface area contributed by atoms with E-state index in [1.165, 1.54) is 0 Å². The van der Waals surface area contributed by atoms with Crippen LogP contribution in [-0.2, 0) is 65.4 Å². The molecule has 0 aliphatic carbocycles. The number of phenolic OH excluding ortho intramolecular Hbond substituents is 1. The summed E-state index contributed by atoms with van der Waals surface area (Å²) in [4.78, 5) is 37.7. The van der Waals surface area contributed by atoms with Gasteiger partial charge < -0.3 is 20.0 Å². The summed E-state index contributed by atoms with van der Waals surface area (Å²) in [5.74, 6) is 0.107. The summed E-state index contributed by atoms with van der Waals surface area (Å²) in [6, 6.07) is 28.9. The standard InChI is InChI=1S/C36H16N4O3.2CH3.2Y/c41-16-5-14-28-26(15-16)38-34-22-11-7-18-19-8-12-23-31-21(33-37-25-3-1-2-4-27(25)39(33)35(23)42)10-6-17(29(19)31)20-9-13-24(32(22)30(18)20)36(43)40(28)34;;;;/h1-15,41H;2*1H3;;/q;2*-1;;. The van der Waals surface area contributed by atoms with Crippen LogP contribution < -0.4 is 11.1 Å². The summed E-state index contributed by atoms with van der Waals surface area (Å²) in [6.45, 7) is 0. The monoisotopic (exact) mass is 760 g/mol. The summed E-state index contributed by atoms with van der Waals surface area (Å²) in [6.07, 6.45) is 0. The van der Waals surface area contributed by atoms with Gasteiger partial charge in [0.15, 0.2) is 0 Å². The second-order valence-corrected chi connectivity index (χ2v) is 11.5. The Balaban J connectivity index is 0.000000878. The van der Waals surface area contributed by atoms with Crippen molar-refractivity contribution in [1.29, 1.82) is 0 Å². The van der Waals surface area contributed by atoms with Crippen LogP contribution in [0.4, 0.5) is 0 Å². The number of phenols is 1. The Morgan fingerprint density at radius 3 is 1.40 bits per heavy atom. The van der Waals surface area contributed by atoms with E-state index < -0.39 is 0 Å². The van der Waals surface area contributed by atoms with E-state index in [4.69, 9.17) is 9.97 Å². The first-order valence-electron chi connectivity index (χ1n) is 14.1. The molecule has 0 amide bonds. The van der Waals surface area contributed by atoms with Crippen LogP contribution in [0.1, 0.15) is 0 Å². The van der Waals surface area contributed by atoms with E-state index in [2.05, 4.69) is 18.2 Å². The van der Waals surface area contributed by atoms with Crippen molar-refractivity contribution in [1.82, 2.24) is 18.8 Å². The van der Waals surface area contributed by atoms with Crippen LogP contribution in [-0.4, -0.2) is 23.9 Å². The molecule has 9 heteroatoms. The van der Waals surface area contributed by atoms with Crippen LogP contribution in [0.3, 0.4) is 0 Å². The molecule has 11 aromatic rings. The van der Waals surface area contributed by atoms with Crippen molar-refractivity contribution in [3.05, 3.63) is 127 Å². The van der Waals surface area contributed by atoms with Gasteiger partial charge in [-0.05, 0) is 80.8 Å². The van der Waals surface area contributed by atoms with E-state index in [0.29, 0.717) is 33.1 Å². The molecule has 0 saturated carbocycles. The molecule has 0 spiro atoms. The zero-order valence-electron chi connectivity index (χ0n) is 25.4. The zero-order chi connectivity index (χ0) is 28.3. The number of aromatic hydroxyl groups is 1. The van der Waals surface area contributed by atoms with Gasteiger partial charge in [-0.1, -0.05) is 36.4 Å². The predicted molar refractivity (Wildman–Crippen MR) is 185 cm³/mol. The second-order valence-electron chi connectivity index (χ2n) is 11.5. The minimum atomic E-state index is -0.139. The molecule has 47 heavy (non-hydrogen) atoms. The minimum Gasteiger partial charge on any atom is -0.508 e. The average Bonchev–Trinajstić information content (AvgIpc) is 3.61. The molecule has 0 aliphatic rings. The van der Waals surface area contributed by atoms with Crippen LogP contribution in [0.5, 0.6) is 5.75 Å². The molecule has 2 radical (unpaired) electrons. The Hall–Kier alpha value is -3.87. The Labute approximate surface area is 316 Å². The molecule has 0 aliphatic heterocycles. The van der Waals surface area contributed by atoms with Gasteiger partial charge in [0, 0.05) is 104 Å². The van der Waals surface area contributed by atoms with Crippen molar-refractivity contribution in [2.75, 3.05) is 0 Å². The number of imidazole rings is 2. The van der Waals surface area contributed by atoms with Crippen molar-refractivity contribution in [2.45, 2.75) is 0 Å². The summed E-state index contributed by atoms with van der Waals surface area (Å²) < 4.78 is 3.38. The molecule has 7 aromatic carbocycles. The van der Waals surface area contributed by atoms with Crippen LogP contribution in [0.2, 0.25) is 0 Å². The minimum absolute atomic E-state index is 0. The number of hydrogen-bond acceptors (Lipinski definition) is 5. The maximum absolute atomic E-state index is 14.0. The fourth-order valence-corrected chi connectivity index (χ4v) is 7.73. The van der Waals surface area contributed by atoms with Crippen molar-refractivity contribution in [3.63, 3.8) is 0 Å². The molecule has 0 atom stereocenters. The zero-order valence-corrected chi connectivity index (χ0v) is 31.0. The number of aromatic nitrogens is 4. The van der Waals surface area contributed by atoms with Gasteiger partial charge in [-0.3, -0.25) is 18.4 Å². The maximum Gasteiger partial charge on any atom is 0.264 e. The van der Waals surface area contributed by atoms with Crippen molar-refractivity contribution in [2.24, 2.45) is 0 Å². The van der Waals surface area contributed by atoms with Crippen LogP contribution >= 0.6 is 0 Å². The molecule has 4 aromatic heterocycles. The Morgan fingerprint density at radius 1 is 0.468 bits per heavy atom. The third-order valence-electron chi connectivity index (χ3n) is 9.45. The Bertz CT molecular complexity index is 3170. The number of fused-ring (bicyclic) bond motifs is 10. The summed E-state index contributed by atoms with van der Waals surface area (Å²) in [5, 5.41) is 21.1. The summed E-state index contributed by atoms with van der Waals surface area (Å²) in [7, 11) is 0. The number of nitrogens with zero attached hydrogens (tertiary/aromatic N) is 4. The van der Waals surface area contributed by atoms with E-state index >= 15 is 0 Å². The molecule has 0 unspecified atom stereocenters. The van der Waals surface area contributed by atoms with Crippen LogP contribution in [0.25, 0.3) is 98.0 Å². The number of pyridine rings is 2. The largest absolute Gasteiger partial charge is 0.508 e.